The first-order valence-corrected chi connectivity index (χ1v) is 8.77. The molecule has 0 aliphatic heterocycles. The molecule has 2 N–H and O–H groups in total. The summed E-state index contributed by atoms with van der Waals surface area (Å²) in [5.74, 6) is 0.819. The zero-order valence-electron chi connectivity index (χ0n) is 13.6. The van der Waals surface area contributed by atoms with Crippen LogP contribution in [0.15, 0.2) is 40.9 Å². The zero-order chi connectivity index (χ0) is 18.4. The van der Waals surface area contributed by atoms with Crippen LogP contribution in [0, 0.1) is 0 Å². The molecule has 0 spiro atoms. The molecule has 0 aromatic heterocycles. The number of nitrogens with one attached hydrogen (secondary N) is 2. The number of hydrogen-bond donors (Lipinski definition) is 2. The Morgan fingerprint density at radius 1 is 1.16 bits per heavy atom. The SMILES string of the molecule is COc1cc(Cl)c(CNC(=S)NC(=O)c2ccc(Br)cc2)cc1OC. The first kappa shape index (κ1) is 19.5. The van der Waals surface area contributed by atoms with Crippen LogP contribution in [0.2, 0.25) is 5.02 Å². The summed E-state index contributed by atoms with van der Waals surface area (Å²) in [5, 5.41) is 6.29. The van der Waals surface area contributed by atoms with Gasteiger partial charge in [0.05, 0.1) is 14.2 Å². The Balaban J connectivity index is 1.98. The summed E-state index contributed by atoms with van der Waals surface area (Å²) < 4.78 is 11.3. The summed E-state index contributed by atoms with van der Waals surface area (Å²) >= 11 is 14.7. The molecule has 132 valence electrons. The Morgan fingerprint density at radius 3 is 2.36 bits per heavy atom. The summed E-state index contributed by atoms with van der Waals surface area (Å²) in [7, 11) is 3.09. The fourth-order valence-electron chi connectivity index (χ4n) is 2.03. The van der Waals surface area contributed by atoms with Crippen LogP contribution in [0.4, 0.5) is 0 Å². The van der Waals surface area contributed by atoms with Crippen molar-refractivity contribution in [3.05, 3.63) is 57.0 Å². The summed E-state index contributed by atoms with van der Waals surface area (Å²) in [6.07, 6.45) is 0. The van der Waals surface area contributed by atoms with E-state index in [1.165, 1.54) is 0 Å². The minimum Gasteiger partial charge on any atom is -0.493 e. The third-order valence-corrected chi connectivity index (χ3v) is 4.45. The van der Waals surface area contributed by atoms with Crippen LogP contribution in [0.25, 0.3) is 0 Å². The molecule has 8 heteroatoms. The Labute approximate surface area is 164 Å². The fraction of sp³-hybridized carbons (Fsp3) is 0.176. The van der Waals surface area contributed by atoms with Gasteiger partial charge in [-0.3, -0.25) is 10.1 Å². The van der Waals surface area contributed by atoms with E-state index in [9.17, 15) is 4.79 Å². The maximum atomic E-state index is 12.1. The Hall–Kier alpha value is -1.83. The molecule has 0 radical (unpaired) electrons. The lowest BCUT2D eigenvalue weighted by Gasteiger charge is -2.13. The van der Waals surface area contributed by atoms with E-state index in [-0.39, 0.29) is 11.0 Å². The van der Waals surface area contributed by atoms with Gasteiger partial charge in [-0.05, 0) is 48.1 Å². The van der Waals surface area contributed by atoms with Crippen LogP contribution in [0.3, 0.4) is 0 Å². The first-order chi connectivity index (χ1) is 11.9. The number of carbonyl (C=O) groups excluding carboxylic acids is 1. The molecule has 0 atom stereocenters. The average molecular weight is 444 g/mol. The second-order valence-electron chi connectivity index (χ2n) is 4.94. The number of methoxy groups -OCH3 is 2. The summed E-state index contributed by atoms with van der Waals surface area (Å²) in [5.41, 5.74) is 1.27. The highest BCUT2D eigenvalue weighted by molar-refractivity contribution is 9.10. The van der Waals surface area contributed by atoms with E-state index in [0.29, 0.717) is 28.6 Å². The second kappa shape index (κ2) is 9.03. The van der Waals surface area contributed by atoms with Crippen LogP contribution in [-0.2, 0) is 6.54 Å². The van der Waals surface area contributed by atoms with Crippen LogP contribution in [0.1, 0.15) is 15.9 Å². The van der Waals surface area contributed by atoms with Crippen molar-refractivity contribution >= 4 is 50.8 Å². The molecule has 2 aromatic rings. The molecule has 0 fully saturated rings. The highest BCUT2D eigenvalue weighted by Gasteiger charge is 2.11. The molecule has 2 rings (SSSR count). The third-order valence-electron chi connectivity index (χ3n) is 3.33. The van der Waals surface area contributed by atoms with Gasteiger partial charge in [0.2, 0.25) is 0 Å². The fourth-order valence-corrected chi connectivity index (χ4v) is 2.68. The van der Waals surface area contributed by atoms with E-state index in [1.807, 2.05) is 0 Å². The van der Waals surface area contributed by atoms with Crippen molar-refractivity contribution in [3.63, 3.8) is 0 Å². The van der Waals surface area contributed by atoms with Crippen LogP contribution >= 0.6 is 39.7 Å². The lowest BCUT2D eigenvalue weighted by atomic mass is 10.2. The standard InChI is InChI=1S/C17H16BrClN2O3S/c1-23-14-7-11(13(19)8-15(14)24-2)9-20-17(25)21-16(22)10-3-5-12(18)6-4-10/h3-8H,9H2,1-2H3,(H2,20,21,22,25). The Bertz CT molecular complexity index is 784. The highest BCUT2D eigenvalue weighted by atomic mass is 79.9. The van der Waals surface area contributed by atoms with Gasteiger partial charge in [0, 0.05) is 27.7 Å². The van der Waals surface area contributed by atoms with Gasteiger partial charge in [-0.25, -0.2) is 0 Å². The summed E-state index contributed by atoms with van der Waals surface area (Å²) in [6, 6.07) is 10.4. The van der Waals surface area contributed by atoms with Gasteiger partial charge in [-0.15, -0.1) is 0 Å². The molecule has 5 nitrogen and oxygen atoms in total. The van der Waals surface area contributed by atoms with Crippen molar-refractivity contribution in [3.8, 4) is 11.5 Å². The molecule has 0 saturated heterocycles. The number of carbonyl (C=O) groups is 1. The smallest absolute Gasteiger partial charge is 0.257 e. The molecule has 0 aliphatic rings. The van der Waals surface area contributed by atoms with E-state index in [2.05, 4.69) is 26.6 Å². The number of hydrogen-bond acceptors (Lipinski definition) is 4. The average Bonchev–Trinajstić information content (AvgIpc) is 2.60. The quantitative estimate of drug-likeness (QED) is 0.686. The van der Waals surface area contributed by atoms with Gasteiger partial charge in [0.25, 0.3) is 5.91 Å². The largest absolute Gasteiger partial charge is 0.493 e. The maximum Gasteiger partial charge on any atom is 0.257 e. The van der Waals surface area contributed by atoms with E-state index in [0.717, 1.165) is 10.0 Å². The maximum absolute atomic E-state index is 12.1. The van der Waals surface area contributed by atoms with Crippen molar-refractivity contribution in [2.75, 3.05) is 14.2 Å². The molecule has 0 bridgehead atoms. The zero-order valence-corrected chi connectivity index (χ0v) is 16.7. The lowest BCUT2D eigenvalue weighted by molar-refractivity contribution is 0.0976. The molecular weight excluding hydrogens is 428 g/mol. The van der Waals surface area contributed by atoms with E-state index < -0.39 is 0 Å². The van der Waals surface area contributed by atoms with E-state index >= 15 is 0 Å². The molecule has 0 heterocycles. The Morgan fingerprint density at radius 2 is 1.76 bits per heavy atom. The topological polar surface area (TPSA) is 59.6 Å². The molecule has 25 heavy (non-hydrogen) atoms. The molecule has 0 aliphatic carbocycles. The number of amides is 1. The first-order valence-electron chi connectivity index (χ1n) is 7.19. The van der Waals surface area contributed by atoms with Crippen LogP contribution in [0.5, 0.6) is 11.5 Å². The highest BCUT2D eigenvalue weighted by Crippen LogP contribution is 2.32. The minimum absolute atomic E-state index is 0.207. The summed E-state index contributed by atoms with van der Waals surface area (Å²) in [4.78, 5) is 12.1. The monoisotopic (exact) mass is 442 g/mol. The summed E-state index contributed by atoms with van der Waals surface area (Å²) in [6.45, 7) is 0.332. The minimum atomic E-state index is -0.289. The predicted molar refractivity (Wildman–Crippen MR) is 106 cm³/mol. The van der Waals surface area contributed by atoms with Crippen molar-refractivity contribution in [2.45, 2.75) is 6.54 Å². The molecule has 0 saturated carbocycles. The molecule has 2 aromatic carbocycles. The van der Waals surface area contributed by atoms with E-state index in [1.54, 1.807) is 50.6 Å². The lowest BCUT2D eigenvalue weighted by Crippen LogP contribution is -2.38. The second-order valence-corrected chi connectivity index (χ2v) is 6.67. The molecule has 1 amide bonds. The number of halogens is 2. The van der Waals surface area contributed by atoms with Gasteiger partial charge in [0.15, 0.2) is 16.6 Å². The third kappa shape index (κ3) is 5.32. The van der Waals surface area contributed by atoms with Gasteiger partial charge < -0.3 is 14.8 Å². The predicted octanol–water partition coefficient (Wildman–Crippen LogP) is 3.92. The molecular formula is C17H16BrClN2O3S. The number of thiocarbonyl (C=S) groups is 1. The van der Waals surface area contributed by atoms with Crippen molar-refractivity contribution in [1.29, 1.82) is 0 Å². The Kier molecular flexibility index (Phi) is 7.04. The van der Waals surface area contributed by atoms with Crippen molar-refractivity contribution in [2.24, 2.45) is 0 Å². The van der Waals surface area contributed by atoms with Crippen molar-refractivity contribution < 1.29 is 14.3 Å². The molecule has 0 unspecified atom stereocenters. The van der Waals surface area contributed by atoms with Crippen LogP contribution in [-0.4, -0.2) is 25.2 Å². The van der Waals surface area contributed by atoms with Gasteiger partial charge >= 0.3 is 0 Å². The number of benzene rings is 2. The normalized spacial score (nSPS) is 10.1. The number of ether oxygens (including phenoxy) is 2. The van der Waals surface area contributed by atoms with Gasteiger partial charge in [0.1, 0.15) is 0 Å². The van der Waals surface area contributed by atoms with Crippen LogP contribution < -0.4 is 20.1 Å². The number of rotatable bonds is 5. The van der Waals surface area contributed by atoms with Crippen molar-refractivity contribution in [1.82, 2.24) is 10.6 Å². The van der Waals surface area contributed by atoms with Gasteiger partial charge in [-0.2, -0.15) is 0 Å². The van der Waals surface area contributed by atoms with Gasteiger partial charge in [-0.1, -0.05) is 27.5 Å². The van der Waals surface area contributed by atoms with E-state index in [4.69, 9.17) is 33.3 Å².